The molecule has 0 fully saturated rings. The summed E-state index contributed by atoms with van der Waals surface area (Å²) in [6.07, 6.45) is 5.33. The fraction of sp³-hybridized carbons (Fsp3) is 0.0714. The summed E-state index contributed by atoms with van der Waals surface area (Å²) in [7, 11) is 0. The van der Waals surface area contributed by atoms with Crippen LogP contribution in [0.1, 0.15) is 5.56 Å². The molecule has 3 aromatic rings. The van der Waals surface area contributed by atoms with E-state index in [1.54, 1.807) is 18.7 Å². The van der Waals surface area contributed by atoms with Crippen LogP contribution in [0.5, 0.6) is 0 Å². The average Bonchev–Trinajstić information content (AvgIpc) is 2.87. The van der Waals surface area contributed by atoms with Gasteiger partial charge in [-0.2, -0.15) is 0 Å². The van der Waals surface area contributed by atoms with Gasteiger partial charge < -0.3 is 10.3 Å². The van der Waals surface area contributed by atoms with Gasteiger partial charge in [-0.3, -0.25) is 9.78 Å². The fourth-order valence-corrected chi connectivity index (χ4v) is 1.91. The molecule has 0 unspecified atom stereocenters. The van der Waals surface area contributed by atoms with E-state index in [4.69, 9.17) is 0 Å². The quantitative estimate of drug-likeness (QED) is 0.750. The Morgan fingerprint density at radius 1 is 1.32 bits per heavy atom. The molecule has 1 aromatic carbocycles. The van der Waals surface area contributed by atoms with E-state index in [2.05, 4.69) is 20.3 Å². The van der Waals surface area contributed by atoms with Crippen molar-refractivity contribution in [2.75, 3.05) is 5.32 Å². The minimum absolute atomic E-state index is 0.0631. The van der Waals surface area contributed by atoms with Gasteiger partial charge in [0, 0.05) is 18.1 Å². The Kier molecular flexibility index (Phi) is 2.94. The highest BCUT2D eigenvalue weighted by Crippen LogP contribution is 2.15. The van der Waals surface area contributed by atoms with Crippen LogP contribution in [-0.4, -0.2) is 20.9 Å². The molecular weight excluding hydrogens is 240 g/mol. The SMILES string of the molecule is O=C(Cc1cccnc1)Nc1ccc2nc[nH]c2c1. The van der Waals surface area contributed by atoms with Crippen molar-refractivity contribution in [1.29, 1.82) is 0 Å². The second-order valence-electron chi connectivity index (χ2n) is 4.22. The number of aromatic amines is 1. The first-order chi connectivity index (χ1) is 9.31. The normalized spacial score (nSPS) is 10.5. The molecule has 5 heteroatoms. The van der Waals surface area contributed by atoms with Gasteiger partial charge in [-0.15, -0.1) is 0 Å². The Balaban J connectivity index is 1.72. The second kappa shape index (κ2) is 4.89. The van der Waals surface area contributed by atoms with Crippen LogP contribution in [-0.2, 0) is 11.2 Å². The molecule has 0 aliphatic rings. The van der Waals surface area contributed by atoms with Crippen LogP contribution >= 0.6 is 0 Å². The van der Waals surface area contributed by atoms with Crippen LogP contribution in [0, 0.1) is 0 Å². The molecule has 2 N–H and O–H groups in total. The summed E-state index contributed by atoms with van der Waals surface area (Å²) in [5.74, 6) is -0.0631. The van der Waals surface area contributed by atoms with Gasteiger partial charge in [-0.1, -0.05) is 6.07 Å². The molecule has 0 saturated heterocycles. The Labute approximate surface area is 109 Å². The first-order valence-corrected chi connectivity index (χ1v) is 5.93. The van der Waals surface area contributed by atoms with Crippen LogP contribution < -0.4 is 5.32 Å². The highest BCUT2D eigenvalue weighted by Gasteiger charge is 2.05. The first-order valence-electron chi connectivity index (χ1n) is 5.93. The molecule has 3 rings (SSSR count). The summed E-state index contributed by atoms with van der Waals surface area (Å²) < 4.78 is 0. The molecule has 94 valence electrons. The monoisotopic (exact) mass is 252 g/mol. The van der Waals surface area contributed by atoms with Gasteiger partial charge in [0.05, 0.1) is 23.8 Å². The molecule has 0 aliphatic carbocycles. The molecule has 0 bridgehead atoms. The van der Waals surface area contributed by atoms with Crippen LogP contribution in [0.3, 0.4) is 0 Å². The van der Waals surface area contributed by atoms with Crippen LogP contribution in [0.15, 0.2) is 49.1 Å². The minimum atomic E-state index is -0.0631. The van der Waals surface area contributed by atoms with Crippen molar-refractivity contribution in [3.8, 4) is 0 Å². The number of hydrogen-bond donors (Lipinski definition) is 2. The number of amides is 1. The zero-order valence-electron chi connectivity index (χ0n) is 10.1. The van der Waals surface area contributed by atoms with E-state index < -0.39 is 0 Å². The van der Waals surface area contributed by atoms with Crippen molar-refractivity contribution in [3.63, 3.8) is 0 Å². The number of nitrogens with one attached hydrogen (secondary N) is 2. The predicted molar refractivity (Wildman–Crippen MR) is 72.7 cm³/mol. The Bertz CT molecular complexity index is 706. The maximum absolute atomic E-state index is 11.9. The number of benzene rings is 1. The number of nitrogens with zero attached hydrogens (tertiary/aromatic N) is 2. The van der Waals surface area contributed by atoms with E-state index in [9.17, 15) is 4.79 Å². The van der Waals surface area contributed by atoms with Gasteiger partial charge in [-0.25, -0.2) is 4.98 Å². The molecule has 1 amide bonds. The maximum Gasteiger partial charge on any atom is 0.228 e. The summed E-state index contributed by atoms with van der Waals surface area (Å²) in [5.41, 5.74) is 3.43. The number of pyridine rings is 1. The first kappa shape index (κ1) is 11.4. The summed E-state index contributed by atoms with van der Waals surface area (Å²) in [6, 6.07) is 9.27. The summed E-state index contributed by atoms with van der Waals surface area (Å²) >= 11 is 0. The van der Waals surface area contributed by atoms with Gasteiger partial charge >= 0.3 is 0 Å². The number of aromatic nitrogens is 3. The number of H-pyrrole nitrogens is 1. The minimum Gasteiger partial charge on any atom is -0.345 e. The lowest BCUT2D eigenvalue weighted by Gasteiger charge is -2.05. The topological polar surface area (TPSA) is 70.7 Å². The van der Waals surface area contributed by atoms with Crippen LogP contribution in [0.2, 0.25) is 0 Å². The molecule has 5 nitrogen and oxygen atoms in total. The van der Waals surface area contributed by atoms with Crippen LogP contribution in [0.25, 0.3) is 11.0 Å². The second-order valence-corrected chi connectivity index (χ2v) is 4.22. The molecule has 19 heavy (non-hydrogen) atoms. The Hall–Kier alpha value is -2.69. The van der Waals surface area contributed by atoms with Crippen molar-refractivity contribution >= 4 is 22.6 Å². The molecular formula is C14H12N4O. The van der Waals surface area contributed by atoms with E-state index in [0.717, 1.165) is 22.3 Å². The van der Waals surface area contributed by atoms with Gasteiger partial charge in [0.2, 0.25) is 5.91 Å². The molecule has 2 heterocycles. The van der Waals surface area contributed by atoms with Crippen molar-refractivity contribution < 1.29 is 4.79 Å². The number of hydrogen-bond acceptors (Lipinski definition) is 3. The Morgan fingerprint density at radius 3 is 3.11 bits per heavy atom. The number of carbonyl (C=O) groups excluding carboxylic acids is 1. The third kappa shape index (κ3) is 2.60. The molecule has 0 saturated carbocycles. The van der Waals surface area contributed by atoms with Crippen molar-refractivity contribution in [2.45, 2.75) is 6.42 Å². The zero-order chi connectivity index (χ0) is 13.1. The van der Waals surface area contributed by atoms with E-state index in [0.29, 0.717) is 6.42 Å². The van der Waals surface area contributed by atoms with Crippen LogP contribution in [0.4, 0.5) is 5.69 Å². The number of carbonyl (C=O) groups is 1. The molecule has 0 atom stereocenters. The largest absolute Gasteiger partial charge is 0.345 e. The predicted octanol–water partition coefficient (Wildman–Crippen LogP) is 2.14. The number of anilines is 1. The van der Waals surface area contributed by atoms with Crippen molar-refractivity contribution in [3.05, 3.63) is 54.6 Å². The third-order valence-electron chi connectivity index (χ3n) is 2.79. The molecule has 2 aromatic heterocycles. The summed E-state index contributed by atoms with van der Waals surface area (Å²) in [6.45, 7) is 0. The van der Waals surface area contributed by atoms with E-state index in [1.165, 1.54) is 0 Å². The average molecular weight is 252 g/mol. The highest BCUT2D eigenvalue weighted by atomic mass is 16.1. The lowest BCUT2D eigenvalue weighted by molar-refractivity contribution is -0.115. The molecule has 0 aliphatic heterocycles. The van der Waals surface area contributed by atoms with Gasteiger partial charge in [-0.05, 0) is 29.8 Å². The summed E-state index contributed by atoms with van der Waals surface area (Å²) in [5, 5.41) is 2.86. The lowest BCUT2D eigenvalue weighted by atomic mass is 10.2. The molecule has 0 radical (unpaired) electrons. The zero-order valence-corrected chi connectivity index (χ0v) is 10.1. The van der Waals surface area contributed by atoms with Crippen molar-refractivity contribution in [1.82, 2.24) is 15.0 Å². The van der Waals surface area contributed by atoms with E-state index in [-0.39, 0.29) is 5.91 Å². The number of fused-ring (bicyclic) bond motifs is 1. The summed E-state index contributed by atoms with van der Waals surface area (Å²) in [4.78, 5) is 23.0. The standard InChI is InChI=1S/C14H12N4O/c19-14(6-10-2-1-5-15-8-10)18-11-3-4-12-13(7-11)17-9-16-12/h1-5,7-9H,6H2,(H,16,17)(H,18,19). The van der Waals surface area contributed by atoms with Crippen molar-refractivity contribution in [2.24, 2.45) is 0 Å². The van der Waals surface area contributed by atoms with Gasteiger partial charge in [0.15, 0.2) is 0 Å². The Morgan fingerprint density at radius 2 is 2.26 bits per heavy atom. The van der Waals surface area contributed by atoms with E-state index in [1.807, 2.05) is 30.3 Å². The van der Waals surface area contributed by atoms with Gasteiger partial charge in [0.25, 0.3) is 0 Å². The number of imidazole rings is 1. The third-order valence-corrected chi connectivity index (χ3v) is 2.79. The highest BCUT2D eigenvalue weighted by molar-refractivity contribution is 5.94. The molecule has 0 spiro atoms. The van der Waals surface area contributed by atoms with Gasteiger partial charge in [0.1, 0.15) is 0 Å². The fourth-order valence-electron chi connectivity index (χ4n) is 1.91. The maximum atomic E-state index is 11.9. The smallest absolute Gasteiger partial charge is 0.228 e. The van der Waals surface area contributed by atoms with E-state index >= 15 is 0 Å². The lowest BCUT2D eigenvalue weighted by Crippen LogP contribution is -2.14. The number of rotatable bonds is 3.